The molecule has 0 rings (SSSR count). The van der Waals surface area contributed by atoms with Gasteiger partial charge in [-0.2, -0.15) is 0 Å². The Bertz CT molecular complexity index is 356. The third-order valence-corrected chi connectivity index (χ3v) is 4.45. The molecule has 0 aromatic heterocycles. The Morgan fingerprint density at radius 3 is 1.73 bits per heavy atom. The molecular formula is C20H40ClNO4. The molecule has 0 saturated heterocycles. The molecule has 6 heteroatoms. The average molecular weight is 394 g/mol. The first kappa shape index (κ1) is 27.8. The molecule has 0 aliphatic carbocycles. The summed E-state index contributed by atoms with van der Waals surface area (Å²) in [7, 11) is 0. The topological polar surface area (TPSA) is 104 Å². The zero-order valence-corrected chi connectivity index (χ0v) is 17.2. The van der Waals surface area contributed by atoms with E-state index >= 15 is 0 Å². The number of hydrogen-bond acceptors (Lipinski definition) is 5. The Hall–Kier alpha value is -0.460. The molecule has 0 fully saturated rings. The fourth-order valence-electron chi connectivity index (χ4n) is 2.74. The quantitative estimate of drug-likeness (QED) is 0.170. The van der Waals surface area contributed by atoms with Crippen LogP contribution in [0.4, 0.5) is 0 Å². The average Bonchev–Trinajstić information content (AvgIpc) is 2.56. The number of rotatable bonds is 17. The maximum atomic E-state index is 11.5. The Kier molecular flexibility index (Phi) is 19.1. The summed E-state index contributed by atoms with van der Waals surface area (Å²) in [6.45, 7) is 2.24. The third-order valence-electron chi connectivity index (χ3n) is 4.45. The van der Waals surface area contributed by atoms with Crippen LogP contribution in [0.15, 0.2) is 12.2 Å². The van der Waals surface area contributed by atoms with E-state index in [1.807, 2.05) is 0 Å². The number of nitrogens with two attached hydrogens (primary N) is 1. The zero-order chi connectivity index (χ0) is 19.0. The van der Waals surface area contributed by atoms with E-state index in [1.54, 1.807) is 0 Å². The van der Waals surface area contributed by atoms with Gasteiger partial charge in [-0.1, -0.05) is 70.4 Å². The molecule has 0 amide bonds. The highest BCUT2D eigenvalue weighted by Crippen LogP contribution is 2.11. The first-order valence-electron chi connectivity index (χ1n) is 10.00. The second-order valence-electron chi connectivity index (χ2n) is 6.97. The first-order valence-corrected chi connectivity index (χ1v) is 10.00. The van der Waals surface area contributed by atoms with Crippen LogP contribution in [-0.4, -0.2) is 33.1 Å². The third kappa shape index (κ3) is 17.0. The van der Waals surface area contributed by atoms with Crippen molar-refractivity contribution in [3.63, 3.8) is 0 Å². The van der Waals surface area contributed by atoms with Crippen molar-refractivity contribution in [3.05, 3.63) is 12.2 Å². The molecule has 5 nitrogen and oxygen atoms in total. The Labute approximate surface area is 165 Å². The van der Waals surface area contributed by atoms with Gasteiger partial charge in [-0.25, -0.2) is 0 Å². The summed E-state index contributed by atoms with van der Waals surface area (Å²) in [4.78, 5) is 11.5. The van der Waals surface area contributed by atoms with E-state index in [0.717, 1.165) is 32.1 Å². The van der Waals surface area contributed by atoms with Crippen LogP contribution in [0.1, 0.15) is 96.8 Å². The predicted octanol–water partition coefficient (Wildman–Crippen LogP) is 3.97. The number of ketones is 1. The number of halogens is 1. The van der Waals surface area contributed by atoms with Crippen molar-refractivity contribution in [1.29, 1.82) is 0 Å². The number of aliphatic hydroxyl groups is 3. The van der Waals surface area contributed by atoms with Crippen LogP contribution in [0.25, 0.3) is 0 Å². The smallest absolute Gasteiger partial charge is 0.298 e. The van der Waals surface area contributed by atoms with Crippen LogP contribution < -0.4 is 5.73 Å². The maximum absolute atomic E-state index is 11.5. The van der Waals surface area contributed by atoms with Crippen LogP contribution in [0.5, 0.6) is 0 Å². The number of hydrogen-bond donors (Lipinski definition) is 4. The van der Waals surface area contributed by atoms with Crippen molar-refractivity contribution < 1.29 is 20.1 Å². The van der Waals surface area contributed by atoms with Crippen molar-refractivity contribution in [1.82, 2.24) is 0 Å². The van der Waals surface area contributed by atoms with E-state index in [9.17, 15) is 4.79 Å². The van der Waals surface area contributed by atoms with Gasteiger partial charge in [0.1, 0.15) is 6.04 Å². The minimum Gasteiger partial charge on any atom is -0.342 e. The second kappa shape index (κ2) is 17.9. The molecular weight excluding hydrogens is 354 g/mol. The highest BCUT2D eigenvalue weighted by molar-refractivity contribution is 5.85. The molecule has 0 spiro atoms. The lowest BCUT2D eigenvalue weighted by molar-refractivity contribution is -0.317. The van der Waals surface area contributed by atoms with E-state index in [-0.39, 0.29) is 18.8 Å². The number of Topliss-reactive ketones (excluding diaryl/α,β-unsaturated/α-hetero) is 1. The number of unbranched alkanes of at least 4 members (excludes halogenated alkanes) is 11. The van der Waals surface area contributed by atoms with Crippen molar-refractivity contribution in [2.45, 2.75) is 109 Å². The molecule has 5 N–H and O–H groups in total. The number of allylic oxidation sites excluding steroid dienone is 2. The Morgan fingerprint density at radius 2 is 1.27 bits per heavy atom. The van der Waals surface area contributed by atoms with Gasteiger partial charge in [-0.15, -0.1) is 12.4 Å². The van der Waals surface area contributed by atoms with Gasteiger partial charge in [0.05, 0.1) is 0 Å². The Morgan fingerprint density at radius 1 is 0.846 bits per heavy atom. The molecule has 0 saturated carbocycles. The summed E-state index contributed by atoms with van der Waals surface area (Å²) in [6, 6.07) is -1.65. The minimum atomic E-state index is -3.11. The van der Waals surface area contributed by atoms with Crippen molar-refractivity contribution in [3.8, 4) is 0 Å². The highest BCUT2D eigenvalue weighted by Gasteiger charge is 2.33. The fraction of sp³-hybridized carbons (Fsp3) is 0.850. The zero-order valence-electron chi connectivity index (χ0n) is 16.4. The van der Waals surface area contributed by atoms with Gasteiger partial charge in [-0.05, 0) is 32.1 Å². The highest BCUT2D eigenvalue weighted by atomic mass is 35.5. The van der Waals surface area contributed by atoms with Crippen molar-refractivity contribution in [2.75, 3.05) is 0 Å². The van der Waals surface area contributed by atoms with E-state index < -0.39 is 17.8 Å². The van der Waals surface area contributed by atoms with Gasteiger partial charge < -0.3 is 21.1 Å². The Balaban J connectivity index is 0. The minimum absolute atomic E-state index is 0. The largest absolute Gasteiger partial charge is 0.342 e. The lowest BCUT2D eigenvalue weighted by Gasteiger charge is -2.20. The molecule has 0 heterocycles. The van der Waals surface area contributed by atoms with Gasteiger partial charge in [0.15, 0.2) is 5.78 Å². The van der Waals surface area contributed by atoms with E-state index in [0.29, 0.717) is 6.42 Å². The SMILES string of the molecule is CCCCCCCCC=CCCCCCCCC(=O)C(N)C(O)(O)O.Cl. The van der Waals surface area contributed by atoms with Crippen LogP contribution in [0.2, 0.25) is 0 Å². The van der Waals surface area contributed by atoms with Gasteiger partial charge >= 0.3 is 0 Å². The molecule has 156 valence electrons. The predicted molar refractivity (Wildman–Crippen MR) is 109 cm³/mol. The number of carbonyl (C=O) groups excluding carboxylic acids is 1. The van der Waals surface area contributed by atoms with Crippen LogP contribution in [0, 0.1) is 0 Å². The molecule has 0 aromatic carbocycles. The molecule has 1 unspecified atom stereocenters. The molecule has 0 aliphatic heterocycles. The molecule has 0 bridgehead atoms. The summed E-state index contributed by atoms with van der Waals surface area (Å²) in [5.41, 5.74) is 5.25. The van der Waals surface area contributed by atoms with E-state index in [4.69, 9.17) is 21.1 Å². The normalized spacial score (nSPS) is 13.0. The van der Waals surface area contributed by atoms with Gasteiger partial charge in [0.2, 0.25) is 0 Å². The van der Waals surface area contributed by atoms with Crippen molar-refractivity contribution >= 4 is 18.2 Å². The van der Waals surface area contributed by atoms with Gasteiger partial charge in [0.25, 0.3) is 5.97 Å². The number of carbonyl (C=O) groups is 1. The first-order chi connectivity index (χ1) is 11.9. The van der Waals surface area contributed by atoms with Crippen LogP contribution >= 0.6 is 12.4 Å². The molecule has 0 radical (unpaired) electrons. The van der Waals surface area contributed by atoms with Crippen LogP contribution in [-0.2, 0) is 4.79 Å². The molecule has 0 aromatic rings. The van der Waals surface area contributed by atoms with Gasteiger partial charge in [-0.3, -0.25) is 4.79 Å². The summed E-state index contributed by atoms with van der Waals surface area (Å²) in [5, 5.41) is 26.5. The monoisotopic (exact) mass is 393 g/mol. The lowest BCUT2D eigenvalue weighted by Crippen LogP contribution is -2.52. The lowest BCUT2D eigenvalue weighted by atomic mass is 10.0. The summed E-state index contributed by atoms with van der Waals surface area (Å²) in [5.74, 6) is -3.64. The summed E-state index contributed by atoms with van der Waals surface area (Å²) >= 11 is 0. The molecule has 26 heavy (non-hydrogen) atoms. The standard InChI is InChI=1S/C20H39NO4.ClH/c1-2-3-4-5-6-7-8-9-10-11-12-13-14-15-16-17-18(22)19(21)20(23,24)25;/h9-10,19,23-25H,2-8,11-17,21H2,1H3;1H. The van der Waals surface area contributed by atoms with Crippen molar-refractivity contribution in [2.24, 2.45) is 5.73 Å². The summed E-state index contributed by atoms with van der Waals surface area (Å²) < 4.78 is 0. The fourth-order valence-corrected chi connectivity index (χ4v) is 2.74. The van der Waals surface area contributed by atoms with E-state index in [1.165, 1.54) is 44.9 Å². The van der Waals surface area contributed by atoms with Crippen LogP contribution in [0.3, 0.4) is 0 Å². The van der Waals surface area contributed by atoms with Gasteiger partial charge in [0, 0.05) is 6.42 Å². The maximum Gasteiger partial charge on any atom is 0.298 e. The second-order valence-corrected chi connectivity index (χ2v) is 6.97. The molecule has 1 atom stereocenters. The van der Waals surface area contributed by atoms with E-state index in [2.05, 4.69) is 19.1 Å². The summed E-state index contributed by atoms with van der Waals surface area (Å²) in [6.07, 6.45) is 20.0. The molecule has 0 aliphatic rings.